The van der Waals surface area contributed by atoms with E-state index < -0.39 is 0 Å². The summed E-state index contributed by atoms with van der Waals surface area (Å²) in [6.45, 7) is 4.43. The third-order valence-electron chi connectivity index (χ3n) is 2.25. The molecule has 1 aromatic carbocycles. The number of carbonyl (C=O) groups is 1. The summed E-state index contributed by atoms with van der Waals surface area (Å²) in [6.07, 6.45) is 0.324. The van der Waals surface area contributed by atoms with Crippen LogP contribution in [0.1, 0.15) is 20.3 Å². The first-order valence-corrected chi connectivity index (χ1v) is 6.26. The molecule has 0 aliphatic carbocycles. The number of nitrogens with one attached hydrogen (secondary N) is 2. The molecule has 2 N–H and O–H groups in total. The van der Waals surface area contributed by atoms with Gasteiger partial charge in [0, 0.05) is 13.2 Å². The van der Waals surface area contributed by atoms with Crippen LogP contribution in [0.3, 0.4) is 0 Å². The number of ether oxygens (including phenoxy) is 1. The Labute approximate surface area is 113 Å². The van der Waals surface area contributed by atoms with Crippen molar-refractivity contribution in [2.45, 2.75) is 26.3 Å². The van der Waals surface area contributed by atoms with Gasteiger partial charge in [0.2, 0.25) is 5.91 Å². The highest BCUT2D eigenvalue weighted by molar-refractivity contribution is 6.34. The second-order valence-corrected chi connectivity index (χ2v) is 4.66. The molecule has 0 unspecified atom stereocenters. The third-order valence-corrected chi connectivity index (χ3v) is 2.57. The highest BCUT2D eigenvalue weighted by Crippen LogP contribution is 2.30. The first-order chi connectivity index (χ1) is 8.54. The average molecular weight is 271 g/mol. The Hall–Kier alpha value is -1.26. The van der Waals surface area contributed by atoms with Crippen LogP contribution in [0.4, 0.5) is 11.4 Å². The SMILES string of the molecule is COCCC(=O)Nc1cccc(Cl)c1NC(C)C. The van der Waals surface area contributed by atoms with Gasteiger partial charge in [-0.15, -0.1) is 0 Å². The van der Waals surface area contributed by atoms with Crippen LogP contribution in [-0.4, -0.2) is 25.7 Å². The second kappa shape index (κ2) is 7.24. The lowest BCUT2D eigenvalue weighted by Gasteiger charge is -2.16. The summed E-state index contributed by atoms with van der Waals surface area (Å²) in [6, 6.07) is 5.65. The minimum absolute atomic E-state index is 0.0917. The maximum Gasteiger partial charge on any atom is 0.226 e. The van der Waals surface area contributed by atoms with E-state index in [1.165, 1.54) is 0 Å². The van der Waals surface area contributed by atoms with Crippen LogP contribution in [0.2, 0.25) is 5.02 Å². The number of carbonyl (C=O) groups excluding carboxylic acids is 1. The average Bonchev–Trinajstić information content (AvgIpc) is 2.30. The van der Waals surface area contributed by atoms with Gasteiger partial charge in [-0.1, -0.05) is 17.7 Å². The van der Waals surface area contributed by atoms with Crippen LogP contribution < -0.4 is 10.6 Å². The molecule has 18 heavy (non-hydrogen) atoms. The normalized spacial score (nSPS) is 10.5. The number of benzene rings is 1. The van der Waals surface area contributed by atoms with E-state index in [1.54, 1.807) is 19.2 Å². The van der Waals surface area contributed by atoms with E-state index in [1.807, 2.05) is 19.9 Å². The van der Waals surface area contributed by atoms with Crippen molar-refractivity contribution in [3.8, 4) is 0 Å². The Morgan fingerprint density at radius 1 is 1.44 bits per heavy atom. The lowest BCUT2D eigenvalue weighted by Crippen LogP contribution is -2.17. The van der Waals surface area contributed by atoms with Crippen molar-refractivity contribution in [2.24, 2.45) is 0 Å². The molecule has 0 aromatic heterocycles. The van der Waals surface area contributed by atoms with Crippen molar-refractivity contribution in [1.29, 1.82) is 0 Å². The predicted octanol–water partition coefficient (Wildman–Crippen LogP) is 3.14. The van der Waals surface area contributed by atoms with Gasteiger partial charge in [0.05, 0.1) is 29.4 Å². The van der Waals surface area contributed by atoms with Gasteiger partial charge in [-0.2, -0.15) is 0 Å². The predicted molar refractivity (Wildman–Crippen MR) is 75.3 cm³/mol. The Balaban J connectivity index is 2.81. The molecule has 0 bridgehead atoms. The number of halogens is 1. The molecule has 0 aliphatic rings. The van der Waals surface area contributed by atoms with E-state index in [9.17, 15) is 4.79 Å². The molecule has 4 nitrogen and oxygen atoms in total. The molecule has 1 aromatic rings. The highest BCUT2D eigenvalue weighted by Gasteiger charge is 2.10. The molecule has 1 rings (SSSR count). The molecule has 0 saturated carbocycles. The zero-order valence-electron chi connectivity index (χ0n) is 10.9. The molecule has 100 valence electrons. The van der Waals surface area contributed by atoms with Crippen molar-refractivity contribution >= 4 is 28.9 Å². The summed E-state index contributed by atoms with van der Waals surface area (Å²) < 4.78 is 4.87. The van der Waals surface area contributed by atoms with E-state index in [-0.39, 0.29) is 11.9 Å². The van der Waals surface area contributed by atoms with Gasteiger partial charge in [-0.3, -0.25) is 4.79 Å². The summed E-state index contributed by atoms with van der Waals surface area (Å²) in [7, 11) is 1.57. The van der Waals surface area contributed by atoms with Gasteiger partial charge in [-0.05, 0) is 26.0 Å². The molecule has 0 spiro atoms. The van der Waals surface area contributed by atoms with Gasteiger partial charge in [0.15, 0.2) is 0 Å². The largest absolute Gasteiger partial charge is 0.384 e. The zero-order chi connectivity index (χ0) is 13.5. The van der Waals surface area contributed by atoms with Gasteiger partial charge < -0.3 is 15.4 Å². The van der Waals surface area contributed by atoms with E-state index in [4.69, 9.17) is 16.3 Å². The summed E-state index contributed by atoms with van der Waals surface area (Å²) in [4.78, 5) is 11.7. The fraction of sp³-hybridized carbons (Fsp3) is 0.462. The van der Waals surface area contributed by atoms with Gasteiger partial charge >= 0.3 is 0 Å². The number of amides is 1. The van der Waals surface area contributed by atoms with Crippen molar-refractivity contribution in [3.05, 3.63) is 23.2 Å². The van der Waals surface area contributed by atoms with Gasteiger partial charge in [0.1, 0.15) is 0 Å². The van der Waals surface area contributed by atoms with Crippen LogP contribution in [0.25, 0.3) is 0 Å². The number of hydrogen-bond acceptors (Lipinski definition) is 3. The molecular formula is C13H19ClN2O2. The zero-order valence-corrected chi connectivity index (χ0v) is 11.7. The van der Waals surface area contributed by atoms with Crippen molar-refractivity contribution in [1.82, 2.24) is 0 Å². The van der Waals surface area contributed by atoms with E-state index >= 15 is 0 Å². The topological polar surface area (TPSA) is 50.4 Å². The number of para-hydroxylation sites is 1. The Bertz CT molecular complexity index is 408. The lowest BCUT2D eigenvalue weighted by atomic mass is 10.2. The molecule has 0 radical (unpaired) electrons. The molecule has 5 heteroatoms. The maximum absolute atomic E-state index is 11.7. The Morgan fingerprint density at radius 3 is 2.78 bits per heavy atom. The molecule has 0 heterocycles. The summed E-state index contributed by atoms with van der Waals surface area (Å²) in [5, 5.41) is 6.64. The molecular weight excluding hydrogens is 252 g/mol. The Morgan fingerprint density at radius 2 is 2.17 bits per heavy atom. The molecule has 0 atom stereocenters. The smallest absolute Gasteiger partial charge is 0.226 e. The van der Waals surface area contributed by atoms with Crippen molar-refractivity contribution in [2.75, 3.05) is 24.4 Å². The van der Waals surface area contributed by atoms with Crippen LogP contribution >= 0.6 is 11.6 Å². The number of methoxy groups -OCH3 is 1. The van der Waals surface area contributed by atoms with Gasteiger partial charge in [-0.25, -0.2) is 0 Å². The van der Waals surface area contributed by atoms with Crippen LogP contribution in [-0.2, 0) is 9.53 Å². The van der Waals surface area contributed by atoms with Crippen LogP contribution in [0, 0.1) is 0 Å². The number of hydrogen-bond donors (Lipinski definition) is 2. The Kier molecular flexibility index (Phi) is 5.95. The molecule has 0 saturated heterocycles. The number of rotatable bonds is 6. The van der Waals surface area contributed by atoms with Crippen molar-refractivity contribution < 1.29 is 9.53 Å². The summed E-state index contributed by atoms with van der Waals surface area (Å²) in [5.41, 5.74) is 1.44. The fourth-order valence-electron chi connectivity index (χ4n) is 1.47. The van der Waals surface area contributed by atoms with Crippen LogP contribution in [0.5, 0.6) is 0 Å². The third kappa shape index (κ3) is 4.55. The minimum atomic E-state index is -0.0917. The standard InChI is InChI=1S/C13H19ClN2O2/c1-9(2)15-13-10(14)5-4-6-11(13)16-12(17)7-8-18-3/h4-6,9,15H,7-8H2,1-3H3,(H,16,17). The number of anilines is 2. The van der Waals surface area contributed by atoms with E-state index in [2.05, 4.69) is 10.6 Å². The van der Waals surface area contributed by atoms with Gasteiger partial charge in [0.25, 0.3) is 0 Å². The van der Waals surface area contributed by atoms with Crippen LogP contribution in [0.15, 0.2) is 18.2 Å². The quantitative estimate of drug-likeness (QED) is 0.835. The monoisotopic (exact) mass is 270 g/mol. The van der Waals surface area contributed by atoms with E-state index in [0.29, 0.717) is 23.7 Å². The summed E-state index contributed by atoms with van der Waals surface area (Å²) in [5.74, 6) is -0.0917. The highest BCUT2D eigenvalue weighted by atomic mass is 35.5. The first kappa shape index (κ1) is 14.8. The van der Waals surface area contributed by atoms with E-state index in [0.717, 1.165) is 5.69 Å². The van der Waals surface area contributed by atoms with Crippen molar-refractivity contribution in [3.63, 3.8) is 0 Å². The second-order valence-electron chi connectivity index (χ2n) is 4.25. The summed E-state index contributed by atoms with van der Waals surface area (Å²) >= 11 is 6.12. The molecule has 1 amide bonds. The molecule has 0 aliphatic heterocycles. The lowest BCUT2D eigenvalue weighted by molar-refractivity contribution is -0.117. The first-order valence-electron chi connectivity index (χ1n) is 5.88. The fourth-order valence-corrected chi connectivity index (χ4v) is 1.70. The maximum atomic E-state index is 11.7. The minimum Gasteiger partial charge on any atom is -0.384 e. The molecule has 0 fully saturated rings.